The molecule has 0 fully saturated rings. The van der Waals surface area contributed by atoms with E-state index in [1.54, 1.807) is 12.1 Å². The Morgan fingerprint density at radius 2 is 2.05 bits per heavy atom. The summed E-state index contributed by atoms with van der Waals surface area (Å²) in [4.78, 5) is 10.6. The van der Waals surface area contributed by atoms with Gasteiger partial charge in [-0.1, -0.05) is 13.3 Å². The molecule has 0 saturated carbocycles. The highest BCUT2D eigenvalue weighted by Gasteiger charge is 2.43. The minimum atomic E-state index is -0.319. The fourth-order valence-electron chi connectivity index (χ4n) is 2.69. The molecule has 0 aliphatic carbocycles. The van der Waals surface area contributed by atoms with Crippen molar-refractivity contribution in [2.75, 3.05) is 6.54 Å². The van der Waals surface area contributed by atoms with Gasteiger partial charge in [-0.3, -0.25) is 10.1 Å². The third-order valence-corrected chi connectivity index (χ3v) is 4.20. The first-order chi connectivity index (χ1) is 8.89. The number of hydrogen-bond acceptors (Lipinski definition) is 2. The highest BCUT2D eigenvalue weighted by molar-refractivity contribution is 5.93. The van der Waals surface area contributed by atoms with Gasteiger partial charge in [0.25, 0.3) is 5.69 Å². The van der Waals surface area contributed by atoms with E-state index in [0.29, 0.717) is 0 Å². The van der Waals surface area contributed by atoms with Crippen LogP contribution in [-0.4, -0.2) is 21.8 Å². The summed E-state index contributed by atoms with van der Waals surface area (Å²) in [5.41, 5.74) is 3.51. The molecule has 1 aromatic rings. The van der Waals surface area contributed by atoms with Crippen LogP contribution in [0.3, 0.4) is 0 Å². The lowest BCUT2D eigenvalue weighted by Gasteiger charge is -2.14. The van der Waals surface area contributed by atoms with Gasteiger partial charge in [-0.05, 0) is 13.8 Å². The number of nitro groups is 1. The lowest BCUT2D eigenvalue weighted by molar-refractivity contribution is -0.439. The maximum absolute atomic E-state index is 10.9. The Balaban J connectivity index is 2.52. The van der Waals surface area contributed by atoms with Gasteiger partial charge in [0.2, 0.25) is 5.69 Å². The summed E-state index contributed by atoms with van der Waals surface area (Å²) in [5.74, 6) is 0. The van der Waals surface area contributed by atoms with Crippen LogP contribution in [0.15, 0.2) is 18.2 Å². The van der Waals surface area contributed by atoms with E-state index in [9.17, 15) is 10.1 Å². The Labute approximate surface area is 113 Å². The molecule has 0 N–H and O–H groups in total. The molecule has 4 nitrogen and oxygen atoms in total. The van der Waals surface area contributed by atoms with Crippen molar-refractivity contribution in [3.63, 3.8) is 0 Å². The summed E-state index contributed by atoms with van der Waals surface area (Å²) in [6.07, 6.45) is 2.27. The molecular weight excluding hydrogens is 240 g/mol. The predicted molar refractivity (Wildman–Crippen MR) is 76.5 cm³/mol. The van der Waals surface area contributed by atoms with Crippen molar-refractivity contribution in [2.24, 2.45) is 0 Å². The zero-order valence-electron chi connectivity index (χ0n) is 12.1. The Morgan fingerprint density at radius 1 is 1.37 bits per heavy atom. The van der Waals surface area contributed by atoms with E-state index in [0.717, 1.165) is 30.6 Å². The summed E-state index contributed by atoms with van der Waals surface area (Å²) < 4.78 is 2.31. The molecule has 0 amide bonds. The number of hydrogen-bond donors (Lipinski definition) is 0. The first-order valence-electron chi connectivity index (χ1n) is 6.80. The second-order valence-electron chi connectivity index (χ2n) is 5.67. The smallest absolute Gasteiger partial charge is 0.258 e. The summed E-state index contributed by atoms with van der Waals surface area (Å²) in [6, 6.07) is 5.22. The van der Waals surface area contributed by atoms with Crippen LogP contribution in [0.1, 0.15) is 46.1 Å². The lowest BCUT2D eigenvalue weighted by Crippen LogP contribution is -2.26. The predicted octanol–water partition coefficient (Wildman–Crippen LogP) is 3.79. The van der Waals surface area contributed by atoms with Crippen molar-refractivity contribution in [3.05, 3.63) is 33.9 Å². The molecule has 19 heavy (non-hydrogen) atoms. The van der Waals surface area contributed by atoms with Crippen molar-refractivity contribution in [1.29, 1.82) is 0 Å². The second kappa shape index (κ2) is 4.76. The van der Waals surface area contributed by atoms with Crippen LogP contribution in [0, 0.1) is 10.1 Å². The van der Waals surface area contributed by atoms with E-state index in [1.807, 2.05) is 6.07 Å². The first-order valence-corrected chi connectivity index (χ1v) is 6.80. The van der Waals surface area contributed by atoms with Gasteiger partial charge in [0, 0.05) is 37.1 Å². The molecule has 1 aromatic carbocycles. The fraction of sp³-hybridized carbons (Fsp3) is 0.533. The van der Waals surface area contributed by atoms with Gasteiger partial charge in [0.05, 0.1) is 10.3 Å². The second-order valence-corrected chi connectivity index (χ2v) is 5.67. The van der Waals surface area contributed by atoms with Crippen molar-refractivity contribution in [1.82, 2.24) is 0 Å². The quantitative estimate of drug-likeness (QED) is 0.470. The Hall–Kier alpha value is -1.71. The van der Waals surface area contributed by atoms with Crippen LogP contribution in [0.2, 0.25) is 0 Å². The number of rotatable bonds is 4. The molecule has 0 aromatic heterocycles. The van der Waals surface area contributed by atoms with Crippen LogP contribution < -0.4 is 0 Å². The summed E-state index contributed by atoms with van der Waals surface area (Å²) in [6.45, 7) is 9.55. The molecule has 102 valence electrons. The van der Waals surface area contributed by atoms with Crippen molar-refractivity contribution >= 4 is 17.1 Å². The summed E-state index contributed by atoms with van der Waals surface area (Å²) in [7, 11) is 0. The van der Waals surface area contributed by atoms with Crippen LogP contribution in [-0.2, 0) is 5.41 Å². The standard InChI is InChI=1S/C15H21N2O2/c1-5-6-9-16-11(2)15(3,4)13-10-12(17(18)19)7-8-14(13)16/h7-8,10H,5-6,9H2,1-4H3/q+1. The number of unbranched alkanes of at least 4 members (excludes halogenated alkanes) is 1. The monoisotopic (exact) mass is 261 g/mol. The number of nitro benzene ring substituents is 1. The minimum absolute atomic E-state index is 0.130. The molecule has 0 unspecified atom stereocenters. The van der Waals surface area contributed by atoms with E-state index in [-0.39, 0.29) is 16.0 Å². The van der Waals surface area contributed by atoms with Gasteiger partial charge in [0.15, 0.2) is 5.71 Å². The molecule has 4 heteroatoms. The normalized spacial score (nSPS) is 16.6. The molecule has 0 atom stereocenters. The van der Waals surface area contributed by atoms with E-state index >= 15 is 0 Å². The third kappa shape index (κ3) is 2.15. The maximum Gasteiger partial charge on any atom is 0.270 e. The van der Waals surface area contributed by atoms with Gasteiger partial charge in [0.1, 0.15) is 6.54 Å². The van der Waals surface area contributed by atoms with Gasteiger partial charge in [-0.25, -0.2) is 0 Å². The SMILES string of the molecule is CCCC[N+]1=C(C)C(C)(C)c2cc([N+](=O)[O-])ccc21. The number of nitrogens with zero attached hydrogens (tertiary/aromatic N) is 2. The van der Waals surface area contributed by atoms with Gasteiger partial charge < -0.3 is 0 Å². The van der Waals surface area contributed by atoms with Crippen LogP contribution in [0.4, 0.5) is 11.4 Å². The Bertz CT molecular complexity index is 559. The fourth-order valence-corrected chi connectivity index (χ4v) is 2.69. The zero-order chi connectivity index (χ0) is 14.2. The van der Waals surface area contributed by atoms with Crippen molar-refractivity contribution in [2.45, 2.75) is 46.0 Å². The topological polar surface area (TPSA) is 46.1 Å². The highest BCUT2D eigenvalue weighted by Crippen LogP contribution is 2.41. The van der Waals surface area contributed by atoms with E-state index in [1.165, 1.54) is 5.71 Å². The van der Waals surface area contributed by atoms with Gasteiger partial charge >= 0.3 is 0 Å². The van der Waals surface area contributed by atoms with Gasteiger partial charge in [-0.2, -0.15) is 4.58 Å². The van der Waals surface area contributed by atoms with E-state index in [4.69, 9.17) is 0 Å². The molecule has 0 spiro atoms. The highest BCUT2D eigenvalue weighted by atomic mass is 16.6. The minimum Gasteiger partial charge on any atom is -0.258 e. The zero-order valence-corrected chi connectivity index (χ0v) is 12.1. The number of fused-ring (bicyclic) bond motifs is 1. The summed E-state index contributed by atoms with van der Waals surface area (Å²) in [5, 5.41) is 10.9. The Morgan fingerprint density at radius 3 is 2.63 bits per heavy atom. The molecule has 0 radical (unpaired) electrons. The molecule has 0 bridgehead atoms. The average molecular weight is 261 g/mol. The Kier molecular flexibility index (Phi) is 3.43. The van der Waals surface area contributed by atoms with E-state index in [2.05, 4.69) is 32.3 Å². The average Bonchev–Trinajstić information content (AvgIpc) is 2.56. The summed E-state index contributed by atoms with van der Waals surface area (Å²) >= 11 is 0. The maximum atomic E-state index is 10.9. The number of non-ortho nitro benzene ring substituents is 1. The molecule has 1 heterocycles. The lowest BCUT2D eigenvalue weighted by atomic mass is 9.82. The van der Waals surface area contributed by atoms with Crippen LogP contribution in [0.25, 0.3) is 0 Å². The third-order valence-electron chi connectivity index (χ3n) is 4.20. The molecule has 1 aliphatic heterocycles. The molecule has 0 saturated heterocycles. The molecule has 1 aliphatic rings. The van der Waals surface area contributed by atoms with Crippen molar-refractivity contribution < 1.29 is 9.50 Å². The largest absolute Gasteiger partial charge is 0.270 e. The number of benzene rings is 1. The molecule has 2 rings (SSSR count). The van der Waals surface area contributed by atoms with Crippen LogP contribution >= 0.6 is 0 Å². The van der Waals surface area contributed by atoms with Crippen LogP contribution in [0.5, 0.6) is 0 Å². The molecular formula is C15H21N2O2+. The van der Waals surface area contributed by atoms with Crippen molar-refractivity contribution in [3.8, 4) is 0 Å². The van der Waals surface area contributed by atoms with E-state index < -0.39 is 0 Å². The first kappa shape index (κ1) is 13.7. The van der Waals surface area contributed by atoms with Gasteiger partial charge in [-0.15, -0.1) is 0 Å².